The number of carboxylic acids is 1. The monoisotopic (exact) mass is 669 g/mol. The summed E-state index contributed by atoms with van der Waals surface area (Å²) in [6.07, 6.45) is 29.3. The highest BCUT2D eigenvalue weighted by molar-refractivity contribution is 5.71. The number of hydrogen-bond donors (Lipinski definition) is 1. The van der Waals surface area contributed by atoms with Crippen molar-refractivity contribution in [2.45, 2.75) is 213 Å². The summed E-state index contributed by atoms with van der Waals surface area (Å²) in [6.45, 7) is 4.21. The van der Waals surface area contributed by atoms with Crippen LogP contribution in [0.1, 0.15) is 206 Å². The Labute approximate surface area is 287 Å². The smallest absolute Gasteiger partial charge is 0.306 e. The van der Waals surface area contributed by atoms with Crippen molar-refractivity contribution in [1.29, 1.82) is 0 Å². The van der Waals surface area contributed by atoms with E-state index in [-0.39, 0.29) is 38.0 Å². The minimum Gasteiger partial charge on any atom is -0.481 e. The first kappa shape index (κ1) is 44.9. The minimum absolute atomic E-state index is 0.122. The van der Waals surface area contributed by atoms with E-state index < -0.39 is 18.0 Å². The van der Waals surface area contributed by atoms with Crippen LogP contribution in [-0.4, -0.2) is 48.3 Å². The Morgan fingerprint density at radius 3 is 1.00 bits per heavy atom. The summed E-state index contributed by atoms with van der Waals surface area (Å²) >= 11 is 0. The zero-order valence-electron chi connectivity index (χ0n) is 30.5. The predicted octanol–water partition coefficient (Wildman–Crippen LogP) is 10.8. The molecule has 0 fully saturated rings. The van der Waals surface area contributed by atoms with Gasteiger partial charge in [-0.05, 0) is 25.7 Å². The molecule has 0 aromatic carbocycles. The number of carbonyl (C=O) groups excluding carboxylic acids is 3. The molecular formula is C39H72O8. The van der Waals surface area contributed by atoms with Gasteiger partial charge in [-0.1, -0.05) is 155 Å². The standard InChI is InChI=1S/C39H72O8/c1-3-5-7-9-11-13-15-17-19-21-26-30-37(42)45-33-35(34-46-38(43)31-27-24-23-25-29-36(40)41)47-39(44)32-28-22-20-18-16-14-12-10-8-6-4-2/h35H,3-34H2,1-2H3,(H,40,41)/t35-/m1/s1. The molecule has 1 N–H and O–H groups in total. The molecule has 0 aliphatic carbocycles. The molecule has 276 valence electrons. The number of aliphatic carboxylic acids is 1. The van der Waals surface area contributed by atoms with Gasteiger partial charge in [-0.15, -0.1) is 0 Å². The fourth-order valence-corrected chi connectivity index (χ4v) is 5.64. The van der Waals surface area contributed by atoms with Crippen molar-refractivity contribution in [1.82, 2.24) is 0 Å². The molecule has 8 heteroatoms. The summed E-state index contributed by atoms with van der Waals surface area (Å²) in [5, 5.41) is 8.72. The molecule has 0 rings (SSSR count). The van der Waals surface area contributed by atoms with Crippen LogP contribution in [0.5, 0.6) is 0 Å². The first-order chi connectivity index (χ1) is 22.9. The lowest BCUT2D eigenvalue weighted by Gasteiger charge is -2.18. The highest BCUT2D eigenvalue weighted by Gasteiger charge is 2.19. The van der Waals surface area contributed by atoms with Crippen LogP contribution >= 0.6 is 0 Å². The number of ether oxygens (including phenoxy) is 3. The van der Waals surface area contributed by atoms with Crippen LogP contribution in [0.2, 0.25) is 0 Å². The first-order valence-corrected chi connectivity index (χ1v) is 19.6. The number of carboxylic acid groups (broad SMARTS) is 1. The minimum atomic E-state index is -0.823. The molecular weight excluding hydrogens is 596 g/mol. The topological polar surface area (TPSA) is 116 Å². The second kappa shape index (κ2) is 35.2. The molecule has 0 radical (unpaired) electrons. The van der Waals surface area contributed by atoms with Crippen LogP contribution in [-0.2, 0) is 33.4 Å². The second-order valence-electron chi connectivity index (χ2n) is 13.4. The van der Waals surface area contributed by atoms with Gasteiger partial charge in [0.25, 0.3) is 0 Å². The van der Waals surface area contributed by atoms with E-state index in [1.54, 1.807) is 0 Å². The molecule has 0 aliphatic rings. The van der Waals surface area contributed by atoms with E-state index in [0.717, 1.165) is 51.4 Å². The molecule has 0 amide bonds. The Balaban J connectivity index is 4.33. The molecule has 0 aliphatic heterocycles. The number of hydrogen-bond acceptors (Lipinski definition) is 7. The number of esters is 3. The average molecular weight is 669 g/mol. The number of rotatable bonds is 36. The van der Waals surface area contributed by atoms with Gasteiger partial charge in [-0.2, -0.15) is 0 Å². The van der Waals surface area contributed by atoms with Crippen molar-refractivity contribution in [2.75, 3.05) is 13.2 Å². The molecule has 47 heavy (non-hydrogen) atoms. The van der Waals surface area contributed by atoms with Gasteiger partial charge >= 0.3 is 23.9 Å². The highest BCUT2D eigenvalue weighted by atomic mass is 16.6. The van der Waals surface area contributed by atoms with Crippen LogP contribution in [0.4, 0.5) is 0 Å². The third-order valence-electron chi connectivity index (χ3n) is 8.65. The van der Waals surface area contributed by atoms with Crippen molar-refractivity contribution in [3.05, 3.63) is 0 Å². The van der Waals surface area contributed by atoms with Gasteiger partial charge in [0, 0.05) is 25.7 Å². The van der Waals surface area contributed by atoms with E-state index >= 15 is 0 Å². The zero-order chi connectivity index (χ0) is 34.6. The van der Waals surface area contributed by atoms with Crippen LogP contribution in [0, 0.1) is 0 Å². The Hall–Kier alpha value is -2.12. The largest absolute Gasteiger partial charge is 0.481 e. The van der Waals surface area contributed by atoms with E-state index in [2.05, 4.69) is 13.8 Å². The maximum atomic E-state index is 12.6. The lowest BCUT2D eigenvalue weighted by atomic mass is 10.1. The van der Waals surface area contributed by atoms with E-state index in [0.29, 0.717) is 25.7 Å². The summed E-state index contributed by atoms with van der Waals surface area (Å²) < 4.78 is 16.4. The van der Waals surface area contributed by atoms with E-state index in [4.69, 9.17) is 19.3 Å². The quantitative estimate of drug-likeness (QED) is 0.0398. The number of carbonyl (C=O) groups is 4. The molecule has 8 nitrogen and oxygen atoms in total. The summed E-state index contributed by atoms with van der Waals surface area (Å²) in [7, 11) is 0. The summed E-state index contributed by atoms with van der Waals surface area (Å²) in [4.78, 5) is 47.8. The average Bonchev–Trinajstić information content (AvgIpc) is 3.05. The Morgan fingerprint density at radius 2 is 0.681 bits per heavy atom. The van der Waals surface area contributed by atoms with Crippen LogP contribution in [0.3, 0.4) is 0 Å². The maximum absolute atomic E-state index is 12.6. The Morgan fingerprint density at radius 1 is 0.404 bits per heavy atom. The Bertz CT molecular complexity index is 753. The van der Waals surface area contributed by atoms with Gasteiger partial charge in [-0.3, -0.25) is 19.2 Å². The Kier molecular flexibility index (Phi) is 33.6. The molecule has 0 saturated heterocycles. The summed E-state index contributed by atoms with van der Waals surface area (Å²) in [5.41, 5.74) is 0. The lowest BCUT2D eigenvalue weighted by molar-refractivity contribution is -0.167. The fraction of sp³-hybridized carbons (Fsp3) is 0.897. The molecule has 0 aromatic heterocycles. The van der Waals surface area contributed by atoms with Crippen molar-refractivity contribution >= 4 is 23.9 Å². The molecule has 0 bridgehead atoms. The molecule has 0 spiro atoms. The third kappa shape index (κ3) is 35.0. The van der Waals surface area contributed by atoms with Crippen molar-refractivity contribution in [2.24, 2.45) is 0 Å². The van der Waals surface area contributed by atoms with Gasteiger partial charge < -0.3 is 19.3 Å². The van der Waals surface area contributed by atoms with E-state index in [1.165, 1.54) is 103 Å². The van der Waals surface area contributed by atoms with Crippen molar-refractivity contribution in [3.8, 4) is 0 Å². The number of unbranched alkanes of at least 4 members (excludes halogenated alkanes) is 23. The lowest BCUT2D eigenvalue weighted by Crippen LogP contribution is -2.30. The normalized spacial score (nSPS) is 11.7. The molecule has 0 unspecified atom stereocenters. The maximum Gasteiger partial charge on any atom is 0.306 e. The second-order valence-corrected chi connectivity index (χ2v) is 13.4. The summed E-state index contributed by atoms with van der Waals surface area (Å²) in [6, 6.07) is 0. The fourth-order valence-electron chi connectivity index (χ4n) is 5.64. The first-order valence-electron chi connectivity index (χ1n) is 19.6. The van der Waals surface area contributed by atoms with Crippen LogP contribution in [0.25, 0.3) is 0 Å². The predicted molar refractivity (Wildman–Crippen MR) is 189 cm³/mol. The molecule has 0 heterocycles. The van der Waals surface area contributed by atoms with Gasteiger partial charge in [-0.25, -0.2) is 0 Å². The molecule has 0 saturated carbocycles. The van der Waals surface area contributed by atoms with Crippen LogP contribution in [0.15, 0.2) is 0 Å². The van der Waals surface area contributed by atoms with Crippen molar-refractivity contribution in [3.63, 3.8) is 0 Å². The van der Waals surface area contributed by atoms with Gasteiger partial charge in [0.1, 0.15) is 13.2 Å². The summed E-state index contributed by atoms with van der Waals surface area (Å²) in [5.74, 6) is -1.89. The zero-order valence-corrected chi connectivity index (χ0v) is 30.5. The van der Waals surface area contributed by atoms with Crippen LogP contribution < -0.4 is 0 Å². The third-order valence-corrected chi connectivity index (χ3v) is 8.65. The van der Waals surface area contributed by atoms with E-state index in [1.807, 2.05) is 0 Å². The highest BCUT2D eigenvalue weighted by Crippen LogP contribution is 2.14. The SMILES string of the molecule is CCCCCCCCCCCCCC(=O)OC[C@H](COC(=O)CCCCCCC(=O)O)OC(=O)CCCCCCCCCCCCC. The molecule has 0 aromatic rings. The van der Waals surface area contributed by atoms with E-state index in [9.17, 15) is 19.2 Å². The van der Waals surface area contributed by atoms with Gasteiger partial charge in [0.05, 0.1) is 0 Å². The van der Waals surface area contributed by atoms with Crippen molar-refractivity contribution < 1.29 is 38.5 Å². The van der Waals surface area contributed by atoms with Gasteiger partial charge in [0.15, 0.2) is 6.10 Å². The van der Waals surface area contributed by atoms with Gasteiger partial charge in [0.2, 0.25) is 0 Å². The molecule has 1 atom stereocenters.